The summed E-state index contributed by atoms with van der Waals surface area (Å²) in [4.78, 5) is 16.5. The topological polar surface area (TPSA) is 57.1 Å². The summed E-state index contributed by atoms with van der Waals surface area (Å²) in [6.45, 7) is 0.503. The summed E-state index contributed by atoms with van der Waals surface area (Å²) < 4.78 is 16.2. The highest BCUT2D eigenvalue weighted by atomic mass is 16.6. The van der Waals surface area contributed by atoms with E-state index in [1.807, 2.05) is 54.6 Å². The molecule has 29 heavy (non-hydrogen) atoms. The number of hydrogen-bond acceptors (Lipinski definition) is 5. The smallest absolute Gasteiger partial charge is 0.363 e. The zero-order chi connectivity index (χ0) is 20.1. The van der Waals surface area contributed by atoms with E-state index in [0.29, 0.717) is 12.2 Å². The van der Waals surface area contributed by atoms with Gasteiger partial charge < -0.3 is 14.2 Å². The van der Waals surface area contributed by atoms with Gasteiger partial charge in [0.15, 0.2) is 5.70 Å². The molecule has 0 saturated heterocycles. The van der Waals surface area contributed by atoms with E-state index in [0.717, 1.165) is 22.6 Å². The van der Waals surface area contributed by atoms with Crippen LogP contribution in [0.15, 0.2) is 89.6 Å². The van der Waals surface area contributed by atoms with E-state index in [2.05, 4.69) is 4.99 Å². The number of carbonyl (C=O) groups excluding carboxylic acids is 1. The van der Waals surface area contributed by atoms with Crippen molar-refractivity contribution in [2.45, 2.75) is 6.61 Å². The Labute approximate surface area is 168 Å². The minimum absolute atomic E-state index is 0.258. The lowest BCUT2D eigenvalue weighted by atomic mass is 10.2. The van der Waals surface area contributed by atoms with Gasteiger partial charge in [0.05, 0.1) is 7.11 Å². The fourth-order valence-corrected chi connectivity index (χ4v) is 2.83. The van der Waals surface area contributed by atoms with Crippen LogP contribution in [0.4, 0.5) is 0 Å². The van der Waals surface area contributed by atoms with Crippen molar-refractivity contribution in [2.24, 2.45) is 4.99 Å². The Balaban J connectivity index is 1.45. The second-order valence-electron chi connectivity index (χ2n) is 6.41. The van der Waals surface area contributed by atoms with Crippen molar-refractivity contribution in [3.05, 3.63) is 101 Å². The molecule has 1 aliphatic rings. The highest BCUT2D eigenvalue weighted by molar-refractivity contribution is 6.12. The van der Waals surface area contributed by atoms with E-state index in [1.165, 1.54) is 0 Å². The second kappa shape index (κ2) is 8.44. The fraction of sp³-hybridized carbons (Fsp3) is 0.0833. The Morgan fingerprint density at radius 1 is 0.897 bits per heavy atom. The van der Waals surface area contributed by atoms with Crippen LogP contribution in [0.25, 0.3) is 6.08 Å². The zero-order valence-electron chi connectivity index (χ0n) is 15.9. The predicted molar refractivity (Wildman–Crippen MR) is 111 cm³/mol. The Hall–Kier alpha value is -3.86. The van der Waals surface area contributed by atoms with Crippen LogP contribution in [0.5, 0.6) is 11.5 Å². The standard InChI is InChI=1S/C24H19NO4/c1-27-20-13-9-19(10-14-20)23-25-22(24(26)29-23)15-17-7-11-21(12-8-17)28-16-18-5-3-2-4-6-18/h2-15H,16H2,1H3/b22-15-. The lowest BCUT2D eigenvalue weighted by Gasteiger charge is -2.06. The number of carbonyl (C=O) groups is 1. The lowest BCUT2D eigenvalue weighted by Crippen LogP contribution is -2.05. The van der Waals surface area contributed by atoms with E-state index in [1.54, 1.807) is 37.5 Å². The summed E-state index contributed by atoms with van der Waals surface area (Å²) in [6.07, 6.45) is 1.69. The predicted octanol–water partition coefficient (Wildman–Crippen LogP) is 4.62. The second-order valence-corrected chi connectivity index (χ2v) is 6.41. The Kier molecular flexibility index (Phi) is 5.38. The van der Waals surface area contributed by atoms with E-state index in [9.17, 15) is 4.79 Å². The van der Waals surface area contributed by atoms with Gasteiger partial charge in [0.25, 0.3) is 0 Å². The average Bonchev–Trinajstić information content (AvgIpc) is 3.14. The molecule has 1 aliphatic heterocycles. The van der Waals surface area contributed by atoms with Crippen LogP contribution in [-0.4, -0.2) is 19.0 Å². The third-order valence-electron chi connectivity index (χ3n) is 4.39. The highest BCUT2D eigenvalue weighted by Gasteiger charge is 2.24. The molecule has 0 saturated carbocycles. The van der Waals surface area contributed by atoms with Gasteiger partial charge in [0.1, 0.15) is 18.1 Å². The van der Waals surface area contributed by atoms with Crippen molar-refractivity contribution >= 4 is 17.9 Å². The summed E-state index contributed by atoms with van der Waals surface area (Å²) in [5.41, 5.74) is 2.91. The number of esters is 1. The molecule has 5 heteroatoms. The molecular formula is C24H19NO4. The first-order valence-electron chi connectivity index (χ1n) is 9.15. The van der Waals surface area contributed by atoms with E-state index in [4.69, 9.17) is 14.2 Å². The molecule has 1 heterocycles. The molecule has 0 amide bonds. The van der Waals surface area contributed by atoms with Crippen LogP contribution in [0.2, 0.25) is 0 Å². The molecule has 3 aromatic carbocycles. The van der Waals surface area contributed by atoms with Gasteiger partial charge in [0.2, 0.25) is 5.90 Å². The molecule has 4 rings (SSSR count). The summed E-state index contributed by atoms with van der Waals surface area (Å²) in [5, 5.41) is 0. The largest absolute Gasteiger partial charge is 0.497 e. The van der Waals surface area contributed by atoms with E-state index >= 15 is 0 Å². The van der Waals surface area contributed by atoms with Crippen molar-refractivity contribution < 1.29 is 19.0 Å². The molecule has 0 bridgehead atoms. The average molecular weight is 385 g/mol. The number of methoxy groups -OCH3 is 1. The zero-order valence-corrected chi connectivity index (χ0v) is 15.9. The highest BCUT2D eigenvalue weighted by Crippen LogP contribution is 2.22. The maximum Gasteiger partial charge on any atom is 0.363 e. The first-order chi connectivity index (χ1) is 14.2. The van der Waals surface area contributed by atoms with Crippen molar-refractivity contribution in [1.82, 2.24) is 0 Å². The third kappa shape index (κ3) is 4.52. The molecule has 0 aromatic heterocycles. The summed E-state index contributed by atoms with van der Waals surface area (Å²) in [7, 11) is 1.60. The molecule has 0 fully saturated rings. The third-order valence-corrected chi connectivity index (χ3v) is 4.39. The number of aliphatic imine (C=N–C) groups is 1. The number of rotatable bonds is 6. The van der Waals surface area contributed by atoms with Gasteiger partial charge in [-0.05, 0) is 53.6 Å². The van der Waals surface area contributed by atoms with Crippen molar-refractivity contribution in [3.8, 4) is 11.5 Å². The molecule has 144 valence electrons. The summed E-state index contributed by atoms with van der Waals surface area (Å²) in [5.74, 6) is 1.29. The van der Waals surface area contributed by atoms with Crippen molar-refractivity contribution in [1.29, 1.82) is 0 Å². The quantitative estimate of drug-likeness (QED) is 0.459. The molecule has 0 atom stereocenters. The Morgan fingerprint density at radius 3 is 2.28 bits per heavy atom. The Bertz CT molecular complexity index is 1050. The minimum Gasteiger partial charge on any atom is -0.497 e. The molecule has 0 spiro atoms. The number of ether oxygens (including phenoxy) is 3. The van der Waals surface area contributed by atoms with Crippen LogP contribution in [0.3, 0.4) is 0 Å². The van der Waals surface area contributed by atoms with Crippen LogP contribution in [0.1, 0.15) is 16.7 Å². The van der Waals surface area contributed by atoms with Crippen LogP contribution in [0, 0.1) is 0 Å². The molecule has 3 aromatic rings. The molecular weight excluding hydrogens is 366 g/mol. The molecule has 0 radical (unpaired) electrons. The molecule has 0 aliphatic carbocycles. The van der Waals surface area contributed by atoms with Crippen LogP contribution in [-0.2, 0) is 16.1 Å². The number of hydrogen-bond donors (Lipinski definition) is 0. The maximum absolute atomic E-state index is 12.2. The first-order valence-corrected chi connectivity index (χ1v) is 9.15. The number of nitrogens with zero attached hydrogens (tertiary/aromatic N) is 1. The van der Waals surface area contributed by atoms with E-state index in [-0.39, 0.29) is 11.6 Å². The minimum atomic E-state index is -0.472. The van der Waals surface area contributed by atoms with E-state index < -0.39 is 5.97 Å². The lowest BCUT2D eigenvalue weighted by molar-refractivity contribution is -0.129. The molecule has 0 N–H and O–H groups in total. The van der Waals surface area contributed by atoms with Gasteiger partial charge in [-0.3, -0.25) is 0 Å². The van der Waals surface area contributed by atoms with Gasteiger partial charge in [-0.2, -0.15) is 0 Å². The fourth-order valence-electron chi connectivity index (χ4n) is 2.83. The van der Waals surface area contributed by atoms with Gasteiger partial charge in [-0.1, -0.05) is 42.5 Å². The van der Waals surface area contributed by atoms with Crippen LogP contribution >= 0.6 is 0 Å². The molecule has 0 unspecified atom stereocenters. The maximum atomic E-state index is 12.2. The number of cyclic esters (lactones) is 1. The van der Waals surface area contributed by atoms with Crippen molar-refractivity contribution in [3.63, 3.8) is 0 Å². The Morgan fingerprint density at radius 2 is 1.59 bits per heavy atom. The SMILES string of the molecule is COc1ccc(C2=N/C(=C\c3ccc(OCc4ccccc4)cc3)C(=O)O2)cc1. The summed E-state index contributed by atoms with van der Waals surface area (Å²) in [6, 6.07) is 24.6. The van der Waals surface area contributed by atoms with Gasteiger partial charge >= 0.3 is 5.97 Å². The number of benzene rings is 3. The van der Waals surface area contributed by atoms with Gasteiger partial charge in [-0.25, -0.2) is 9.79 Å². The monoisotopic (exact) mass is 385 g/mol. The normalized spacial score (nSPS) is 14.4. The first kappa shape index (κ1) is 18.5. The van der Waals surface area contributed by atoms with Crippen LogP contribution < -0.4 is 9.47 Å². The van der Waals surface area contributed by atoms with Gasteiger partial charge in [0, 0.05) is 5.56 Å². The van der Waals surface area contributed by atoms with Gasteiger partial charge in [-0.15, -0.1) is 0 Å². The van der Waals surface area contributed by atoms with Crippen molar-refractivity contribution in [2.75, 3.05) is 7.11 Å². The summed E-state index contributed by atoms with van der Waals surface area (Å²) >= 11 is 0. The molecule has 5 nitrogen and oxygen atoms in total.